The molecule has 2 heterocycles. The van der Waals surface area contributed by atoms with Crippen molar-refractivity contribution in [2.75, 3.05) is 7.11 Å². The number of ether oxygens (including phenoxy) is 3. The van der Waals surface area contributed by atoms with E-state index in [2.05, 4.69) is 13.0 Å². The van der Waals surface area contributed by atoms with Gasteiger partial charge in [0.15, 0.2) is 0 Å². The van der Waals surface area contributed by atoms with Crippen LogP contribution in [0.2, 0.25) is 0 Å². The summed E-state index contributed by atoms with van der Waals surface area (Å²) in [6.45, 7) is 2.87. The molecule has 0 saturated carbocycles. The van der Waals surface area contributed by atoms with Crippen molar-refractivity contribution in [3.63, 3.8) is 0 Å². The zero-order valence-corrected chi connectivity index (χ0v) is 11.0. The smallest absolute Gasteiger partial charge is 0.125 e. The molecule has 0 unspecified atom stereocenters. The molecule has 0 N–H and O–H groups in total. The second kappa shape index (κ2) is 4.90. The van der Waals surface area contributed by atoms with Crippen LogP contribution in [0.5, 0.6) is 5.75 Å². The van der Waals surface area contributed by atoms with Crippen LogP contribution in [0, 0.1) is 0 Å². The van der Waals surface area contributed by atoms with Crippen molar-refractivity contribution >= 4 is 0 Å². The molecule has 0 bridgehead atoms. The summed E-state index contributed by atoms with van der Waals surface area (Å²) in [4.78, 5) is 0. The molecule has 2 aliphatic heterocycles. The van der Waals surface area contributed by atoms with Gasteiger partial charge < -0.3 is 14.2 Å². The Morgan fingerprint density at radius 3 is 3.06 bits per heavy atom. The molecule has 1 aromatic carbocycles. The van der Waals surface area contributed by atoms with E-state index in [0.29, 0.717) is 12.7 Å². The molecule has 0 aromatic heterocycles. The first-order chi connectivity index (χ1) is 8.83. The number of hydrogen-bond acceptors (Lipinski definition) is 3. The van der Waals surface area contributed by atoms with Crippen molar-refractivity contribution in [3.05, 3.63) is 29.3 Å². The van der Waals surface area contributed by atoms with Crippen LogP contribution in [0.1, 0.15) is 43.4 Å². The Kier molecular flexibility index (Phi) is 3.27. The molecule has 0 radical (unpaired) electrons. The van der Waals surface area contributed by atoms with Crippen LogP contribution in [0.25, 0.3) is 0 Å². The molecule has 2 aliphatic rings. The third-order valence-electron chi connectivity index (χ3n) is 3.90. The minimum Gasteiger partial charge on any atom is -0.496 e. The number of fused-ring (bicyclic) bond motifs is 3. The minimum atomic E-state index is 0.0569. The zero-order chi connectivity index (χ0) is 12.5. The van der Waals surface area contributed by atoms with Gasteiger partial charge in [-0.05, 0) is 18.1 Å². The van der Waals surface area contributed by atoms with E-state index >= 15 is 0 Å². The van der Waals surface area contributed by atoms with Crippen LogP contribution in [0.4, 0.5) is 0 Å². The minimum absolute atomic E-state index is 0.0569. The van der Waals surface area contributed by atoms with Gasteiger partial charge >= 0.3 is 0 Å². The van der Waals surface area contributed by atoms with Crippen LogP contribution in [-0.2, 0) is 16.1 Å². The summed E-state index contributed by atoms with van der Waals surface area (Å²) in [7, 11) is 1.72. The van der Waals surface area contributed by atoms with Gasteiger partial charge in [-0.1, -0.05) is 25.5 Å². The number of rotatable bonds is 3. The van der Waals surface area contributed by atoms with E-state index < -0.39 is 0 Å². The Hall–Kier alpha value is -1.06. The van der Waals surface area contributed by atoms with Gasteiger partial charge in [0, 0.05) is 12.0 Å². The van der Waals surface area contributed by atoms with Crippen LogP contribution in [0.3, 0.4) is 0 Å². The van der Waals surface area contributed by atoms with E-state index in [1.165, 1.54) is 11.1 Å². The number of benzene rings is 1. The third-order valence-corrected chi connectivity index (χ3v) is 3.90. The summed E-state index contributed by atoms with van der Waals surface area (Å²) >= 11 is 0. The lowest BCUT2D eigenvalue weighted by Crippen LogP contribution is -2.24. The summed E-state index contributed by atoms with van der Waals surface area (Å²) in [6, 6.07) is 6.13. The molecule has 0 aliphatic carbocycles. The molecule has 3 heteroatoms. The summed E-state index contributed by atoms with van der Waals surface area (Å²) < 4.78 is 17.6. The average molecular weight is 248 g/mol. The molecule has 0 amide bonds. The van der Waals surface area contributed by atoms with Gasteiger partial charge in [0.25, 0.3) is 0 Å². The maximum Gasteiger partial charge on any atom is 0.125 e. The van der Waals surface area contributed by atoms with Crippen molar-refractivity contribution < 1.29 is 14.2 Å². The van der Waals surface area contributed by atoms with Gasteiger partial charge in [-0.25, -0.2) is 0 Å². The summed E-state index contributed by atoms with van der Waals surface area (Å²) in [5, 5.41) is 0. The highest BCUT2D eigenvalue weighted by atomic mass is 16.6. The van der Waals surface area contributed by atoms with Crippen LogP contribution in [-0.4, -0.2) is 19.3 Å². The van der Waals surface area contributed by atoms with Crippen LogP contribution in [0.15, 0.2) is 18.2 Å². The zero-order valence-electron chi connectivity index (χ0n) is 11.0. The predicted molar refractivity (Wildman–Crippen MR) is 68.7 cm³/mol. The fourth-order valence-corrected chi connectivity index (χ4v) is 3.06. The van der Waals surface area contributed by atoms with Gasteiger partial charge in [0.2, 0.25) is 0 Å². The van der Waals surface area contributed by atoms with E-state index in [4.69, 9.17) is 14.2 Å². The lowest BCUT2D eigenvalue weighted by atomic mass is 9.94. The van der Waals surface area contributed by atoms with Gasteiger partial charge in [0.05, 0.1) is 25.9 Å². The fraction of sp³-hybridized carbons (Fsp3) is 0.600. The molecule has 3 atom stereocenters. The SMILES string of the molecule is CCC[C@H]1C[C@H]2OCc3cccc(OC)c3[C@H]2O1. The highest BCUT2D eigenvalue weighted by molar-refractivity contribution is 5.43. The van der Waals surface area contributed by atoms with Gasteiger partial charge in [0.1, 0.15) is 11.9 Å². The van der Waals surface area contributed by atoms with E-state index in [-0.39, 0.29) is 12.2 Å². The predicted octanol–water partition coefficient (Wildman–Crippen LogP) is 3.22. The number of hydrogen-bond donors (Lipinski definition) is 0. The van der Waals surface area contributed by atoms with Gasteiger partial charge in [-0.15, -0.1) is 0 Å². The maximum absolute atomic E-state index is 6.17. The largest absolute Gasteiger partial charge is 0.496 e. The van der Waals surface area contributed by atoms with E-state index in [0.717, 1.165) is 25.0 Å². The fourth-order valence-electron chi connectivity index (χ4n) is 3.06. The molecule has 0 spiro atoms. The van der Waals surface area contributed by atoms with Crippen molar-refractivity contribution in [1.29, 1.82) is 0 Å². The lowest BCUT2D eigenvalue weighted by Gasteiger charge is -2.28. The van der Waals surface area contributed by atoms with Gasteiger partial charge in [-0.2, -0.15) is 0 Å². The standard InChI is InChI=1S/C15H20O3/c1-3-5-11-8-13-15(18-11)14-10(9-17-13)6-4-7-12(14)16-2/h4,6-7,11,13,15H,3,5,8-9H2,1-2H3/t11-,13+,15-/m0/s1. The van der Waals surface area contributed by atoms with Gasteiger partial charge in [-0.3, -0.25) is 0 Å². The quantitative estimate of drug-likeness (QED) is 0.822. The van der Waals surface area contributed by atoms with Crippen molar-refractivity contribution in [2.24, 2.45) is 0 Å². The molecule has 1 aromatic rings. The lowest BCUT2D eigenvalue weighted by molar-refractivity contribution is -0.0476. The van der Waals surface area contributed by atoms with E-state index in [1.54, 1.807) is 7.11 Å². The average Bonchev–Trinajstić information content (AvgIpc) is 2.81. The molecule has 1 saturated heterocycles. The third kappa shape index (κ3) is 1.91. The second-order valence-corrected chi connectivity index (χ2v) is 5.09. The molecule has 3 rings (SSSR count). The first-order valence-corrected chi connectivity index (χ1v) is 6.76. The summed E-state index contributed by atoms with van der Waals surface area (Å²) in [5.41, 5.74) is 2.41. The summed E-state index contributed by atoms with van der Waals surface area (Å²) in [6.07, 6.45) is 3.87. The first kappa shape index (κ1) is 12.0. The Bertz CT molecular complexity index is 415. The highest BCUT2D eigenvalue weighted by Gasteiger charge is 2.41. The monoisotopic (exact) mass is 248 g/mol. The normalized spacial score (nSPS) is 29.8. The molecular formula is C15H20O3. The maximum atomic E-state index is 6.17. The van der Waals surface area contributed by atoms with Crippen molar-refractivity contribution in [1.82, 2.24) is 0 Å². The number of methoxy groups -OCH3 is 1. The Balaban J connectivity index is 1.92. The van der Waals surface area contributed by atoms with E-state index in [1.807, 2.05) is 12.1 Å². The van der Waals surface area contributed by atoms with Crippen molar-refractivity contribution in [2.45, 2.75) is 51.1 Å². The summed E-state index contributed by atoms with van der Waals surface area (Å²) in [5.74, 6) is 0.933. The Morgan fingerprint density at radius 2 is 2.28 bits per heavy atom. The molecule has 18 heavy (non-hydrogen) atoms. The topological polar surface area (TPSA) is 27.7 Å². The van der Waals surface area contributed by atoms with E-state index in [9.17, 15) is 0 Å². The molecule has 98 valence electrons. The Morgan fingerprint density at radius 1 is 1.39 bits per heavy atom. The van der Waals surface area contributed by atoms with Crippen LogP contribution >= 0.6 is 0 Å². The second-order valence-electron chi connectivity index (χ2n) is 5.09. The first-order valence-electron chi connectivity index (χ1n) is 6.76. The van der Waals surface area contributed by atoms with Crippen LogP contribution < -0.4 is 4.74 Å². The Labute approximate surface area is 108 Å². The molecule has 3 nitrogen and oxygen atoms in total. The molecular weight excluding hydrogens is 228 g/mol. The molecule has 1 fully saturated rings. The highest BCUT2D eigenvalue weighted by Crippen LogP contribution is 2.45. The van der Waals surface area contributed by atoms with Crippen molar-refractivity contribution in [3.8, 4) is 5.75 Å².